The van der Waals surface area contributed by atoms with Crippen molar-refractivity contribution in [2.24, 2.45) is 7.05 Å². The minimum absolute atomic E-state index is 0.194. The second-order valence-corrected chi connectivity index (χ2v) is 6.96. The third kappa shape index (κ3) is 3.22. The first-order valence-corrected chi connectivity index (χ1v) is 9.45. The first-order chi connectivity index (χ1) is 14.2. The lowest BCUT2D eigenvalue weighted by atomic mass is 10.2. The summed E-state index contributed by atoms with van der Waals surface area (Å²) in [6, 6.07) is 8.74. The normalized spacial score (nSPS) is 14.0. The summed E-state index contributed by atoms with van der Waals surface area (Å²) in [7, 11) is 1.83. The monoisotopic (exact) mass is 392 g/mol. The van der Waals surface area contributed by atoms with Gasteiger partial charge in [0.25, 0.3) is 5.88 Å². The summed E-state index contributed by atoms with van der Waals surface area (Å²) in [4.78, 5) is 6.47. The van der Waals surface area contributed by atoms with Crippen molar-refractivity contribution in [3.8, 4) is 23.0 Å². The van der Waals surface area contributed by atoms with E-state index in [1.54, 1.807) is 33.5 Å². The molecular weight excluding hydrogens is 372 g/mol. The van der Waals surface area contributed by atoms with E-state index in [-0.39, 0.29) is 12.4 Å². The lowest BCUT2D eigenvalue weighted by molar-refractivity contribution is 0.275. The summed E-state index contributed by atoms with van der Waals surface area (Å²) in [6.45, 7) is 2.17. The van der Waals surface area contributed by atoms with Crippen molar-refractivity contribution >= 4 is 11.3 Å². The molecule has 29 heavy (non-hydrogen) atoms. The van der Waals surface area contributed by atoms with E-state index in [1.807, 2.05) is 13.1 Å². The first kappa shape index (κ1) is 17.4. The Balaban J connectivity index is 1.57. The van der Waals surface area contributed by atoms with E-state index in [0.29, 0.717) is 23.2 Å². The van der Waals surface area contributed by atoms with Gasteiger partial charge in [0.2, 0.25) is 0 Å². The van der Waals surface area contributed by atoms with Crippen LogP contribution in [0.25, 0.3) is 17.0 Å². The van der Waals surface area contributed by atoms with Crippen LogP contribution >= 0.6 is 0 Å². The van der Waals surface area contributed by atoms with E-state index in [0.717, 1.165) is 37.2 Å². The zero-order valence-corrected chi connectivity index (χ0v) is 15.9. The number of benzene rings is 1. The van der Waals surface area contributed by atoms with Crippen molar-refractivity contribution in [2.45, 2.75) is 19.4 Å². The molecule has 1 fully saturated rings. The summed E-state index contributed by atoms with van der Waals surface area (Å²) >= 11 is 0. The molecule has 0 amide bonds. The summed E-state index contributed by atoms with van der Waals surface area (Å²) in [5.74, 6) is 1.99. The second-order valence-electron chi connectivity index (χ2n) is 6.96. The van der Waals surface area contributed by atoms with Crippen molar-refractivity contribution in [3.63, 3.8) is 0 Å². The molecule has 10 nitrogen and oxygen atoms in total. The number of aryl methyl sites for hydroxylation is 1. The van der Waals surface area contributed by atoms with Crippen LogP contribution in [0.2, 0.25) is 0 Å². The molecular formula is C19H20N8O2. The Morgan fingerprint density at radius 1 is 1.10 bits per heavy atom. The number of aromatic nitrogens is 7. The van der Waals surface area contributed by atoms with E-state index >= 15 is 0 Å². The Morgan fingerprint density at radius 3 is 2.62 bits per heavy atom. The van der Waals surface area contributed by atoms with Gasteiger partial charge in [0.05, 0.1) is 0 Å². The minimum Gasteiger partial charge on any atom is -0.508 e. The van der Waals surface area contributed by atoms with E-state index < -0.39 is 0 Å². The number of rotatable bonds is 5. The van der Waals surface area contributed by atoms with Gasteiger partial charge in [-0.3, -0.25) is 4.68 Å². The lowest BCUT2D eigenvalue weighted by Gasteiger charge is -2.20. The Morgan fingerprint density at radius 2 is 1.90 bits per heavy atom. The smallest absolute Gasteiger partial charge is 0.256 e. The van der Waals surface area contributed by atoms with Crippen LogP contribution in [0, 0.1) is 0 Å². The number of hydrogen-bond donors (Lipinski definition) is 1. The fourth-order valence-electron chi connectivity index (χ4n) is 3.47. The molecule has 0 atom stereocenters. The van der Waals surface area contributed by atoms with Gasteiger partial charge in [-0.05, 0) is 37.1 Å². The molecule has 3 aromatic heterocycles. The van der Waals surface area contributed by atoms with Gasteiger partial charge < -0.3 is 14.7 Å². The van der Waals surface area contributed by atoms with Crippen molar-refractivity contribution in [1.29, 1.82) is 0 Å². The Bertz CT molecular complexity index is 1140. The number of phenolic OH excluding ortho intramolecular Hbond substituents is 1. The van der Waals surface area contributed by atoms with Crippen LogP contribution in [-0.2, 0) is 13.7 Å². The topological polar surface area (TPSA) is 106 Å². The Kier molecular flexibility index (Phi) is 4.23. The average Bonchev–Trinajstić information content (AvgIpc) is 3.47. The first-order valence-electron chi connectivity index (χ1n) is 9.45. The number of ether oxygens (including phenoxy) is 1. The SMILES string of the molecule is Cn1ncnc1COc1nn2c(-c3ccc(O)cc3)nnc2cc1N1CCCC1. The lowest BCUT2D eigenvalue weighted by Crippen LogP contribution is -2.20. The van der Waals surface area contributed by atoms with Crippen molar-refractivity contribution < 1.29 is 9.84 Å². The van der Waals surface area contributed by atoms with Crippen LogP contribution in [0.1, 0.15) is 18.7 Å². The third-order valence-corrected chi connectivity index (χ3v) is 5.06. The van der Waals surface area contributed by atoms with Crippen LogP contribution in [0.15, 0.2) is 36.7 Å². The van der Waals surface area contributed by atoms with Crippen LogP contribution in [0.5, 0.6) is 11.6 Å². The molecule has 1 saturated heterocycles. The van der Waals surface area contributed by atoms with Crippen LogP contribution in [0.3, 0.4) is 0 Å². The molecule has 1 aromatic carbocycles. The molecule has 1 N–H and O–H groups in total. The highest BCUT2D eigenvalue weighted by Gasteiger charge is 2.22. The fourth-order valence-corrected chi connectivity index (χ4v) is 3.47. The van der Waals surface area contributed by atoms with Gasteiger partial charge in [-0.1, -0.05) is 0 Å². The van der Waals surface area contributed by atoms with E-state index in [1.165, 1.54) is 6.33 Å². The minimum atomic E-state index is 0.194. The van der Waals surface area contributed by atoms with Crippen molar-refractivity contribution in [3.05, 3.63) is 42.5 Å². The van der Waals surface area contributed by atoms with E-state index in [9.17, 15) is 5.11 Å². The molecule has 4 heterocycles. The van der Waals surface area contributed by atoms with Crippen molar-refractivity contribution in [1.82, 2.24) is 34.6 Å². The number of fused-ring (bicyclic) bond motifs is 1. The molecule has 0 saturated carbocycles. The number of aromatic hydroxyl groups is 1. The molecule has 0 unspecified atom stereocenters. The largest absolute Gasteiger partial charge is 0.508 e. The Labute approximate surface area is 166 Å². The maximum atomic E-state index is 9.56. The summed E-state index contributed by atoms with van der Waals surface area (Å²) in [5, 5.41) is 26.9. The Hall–Kier alpha value is -3.69. The van der Waals surface area contributed by atoms with Gasteiger partial charge in [0, 0.05) is 31.8 Å². The molecule has 0 spiro atoms. The number of hydrogen-bond acceptors (Lipinski definition) is 8. The standard InChI is InChI=1S/C19H20N8O2/c1-25-17(20-12-21-25)11-29-19-15(26-8-2-3-9-26)10-16-22-23-18(27(16)24-19)13-4-6-14(28)7-5-13/h4-7,10,12,28H,2-3,8-9,11H2,1H3. The summed E-state index contributed by atoms with van der Waals surface area (Å²) in [6.07, 6.45) is 3.78. The van der Waals surface area contributed by atoms with Gasteiger partial charge in [-0.2, -0.15) is 9.61 Å². The zero-order valence-electron chi connectivity index (χ0n) is 15.9. The molecule has 5 rings (SSSR count). The maximum absolute atomic E-state index is 9.56. The number of anilines is 1. The van der Waals surface area contributed by atoms with Crippen LogP contribution < -0.4 is 9.64 Å². The molecule has 0 aliphatic carbocycles. The molecule has 4 aromatic rings. The predicted octanol–water partition coefficient (Wildman–Crippen LogP) is 1.80. The molecule has 1 aliphatic heterocycles. The molecule has 148 valence electrons. The zero-order chi connectivity index (χ0) is 19.8. The van der Waals surface area contributed by atoms with Gasteiger partial charge in [0.15, 0.2) is 17.3 Å². The van der Waals surface area contributed by atoms with Gasteiger partial charge in [-0.15, -0.1) is 15.3 Å². The fraction of sp³-hybridized carbons (Fsp3) is 0.316. The van der Waals surface area contributed by atoms with Crippen molar-refractivity contribution in [2.75, 3.05) is 18.0 Å². The van der Waals surface area contributed by atoms with Gasteiger partial charge in [-0.25, -0.2) is 4.98 Å². The van der Waals surface area contributed by atoms with Gasteiger partial charge in [0.1, 0.15) is 24.4 Å². The highest BCUT2D eigenvalue weighted by atomic mass is 16.5. The summed E-state index contributed by atoms with van der Waals surface area (Å²) in [5.41, 5.74) is 2.35. The second kappa shape index (κ2) is 7.04. The molecule has 10 heteroatoms. The number of nitrogens with zero attached hydrogens (tertiary/aromatic N) is 8. The van der Waals surface area contributed by atoms with E-state index in [4.69, 9.17) is 9.84 Å². The van der Waals surface area contributed by atoms with E-state index in [2.05, 4.69) is 25.2 Å². The average molecular weight is 392 g/mol. The number of phenols is 1. The molecule has 0 radical (unpaired) electrons. The molecule has 0 bridgehead atoms. The quantitative estimate of drug-likeness (QED) is 0.548. The predicted molar refractivity (Wildman–Crippen MR) is 105 cm³/mol. The highest BCUT2D eigenvalue weighted by molar-refractivity contribution is 5.66. The maximum Gasteiger partial charge on any atom is 0.256 e. The highest BCUT2D eigenvalue weighted by Crippen LogP contribution is 2.32. The van der Waals surface area contributed by atoms with Crippen LogP contribution in [-0.4, -0.2) is 52.8 Å². The molecule has 1 aliphatic rings. The summed E-state index contributed by atoms with van der Waals surface area (Å²) < 4.78 is 9.41. The van der Waals surface area contributed by atoms with Gasteiger partial charge >= 0.3 is 0 Å². The van der Waals surface area contributed by atoms with Crippen LogP contribution in [0.4, 0.5) is 5.69 Å². The third-order valence-electron chi connectivity index (χ3n) is 5.06.